The first-order valence-electron chi connectivity index (χ1n) is 8.67. The summed E-state index contributed by atoms with van der Waals surface area (Å²) in [7, 11) is 0. The second kappa shape index (κ2) is 6.23. The number of carbonyl (C=O) groups excluding carboxylic acids is 2. The fourth-order valence-corrected chi connectivity index (χ4v) is 3.58. The molecule has 0 radical (unpaired) electrons. The number of carbonyl (C=O) groups is 2. The number of aromatic nitrogens is 1. The first-order valence-corrected chi connectivity index (χ1v) is 8.67. The molecule has 0 spiro atoms. The van der Waals surface area contributed by atoms with Gasteiger partial charge in [0.1, 0.15) is 0 Å². The van der Waals surface area contributed by atoms with Gasteiger partial charge in [0.05, 0.1) is 23.0 Å². The third-order valence-corrected chi connectivity index (χ3v) is 5.06. The third kappa shape index (κ3) is 2.98. The maximum Gasteiger partial charge on any atom is 0.228 e. The first kappa shape index (κ1) is 15.1. The van der Waals surface area contributed by atoms with Crippen LogP contribution in [0.3, 0.4) is 0 Å². The minimum Gasteiger partial charge on any atom is -0.353 e. The normalized spacial score (nSPS) is 23.2. The lowest BCUT2D eigenvalue weighted by Crippen LogP contribution is -2.34. The highest BCUT2D eigenvalue weighted by Crippen LogP contribution is 2.40. The van der Waals surface area contributed by atoms with Gasteiger partial charge in [-0.15, -0.1) is 0 Å². The molecular formula is C19H21N3O2. The zero-order chi connectivity index (χ0) is 16.5. The van der Waals surface area contributed by atoms with Crippen LogP contribution < -0.4 is 10.6 Å². The molecule has 4 rings (SSSR count). The number of para-hydroxylation sites is 1. The van der Waals surface area contributed by atoms with E-state index >= 15 is 0 Å². The van der Waals surface area contributed by atoms with Crippen molar-refractivity contribution in [2.75, 3.05) is 5.32 Å². The third-order valence-electron chi connectivity index (χ3n) is 5.06. The van der Waals surface area contributed by atoms with Crippen LogP contribution in [0.2, 0.25) is 0 Å². The monoisotopic (exact) mass is 323 g/mol. The maximum absolute atomic E-state index is 12.5. The number of nitrogens with zero attached hydrogens (tertiary/aromatic N) is 1. The molecule has 2 aromatic rings. The Morgan fingerprint density at radius 3 is 2.58 bits per heavy atom. The SMILES string of the molecule is O=C(Nc1cccc2cccnc12)C1CC1C(=O)NC1CCCC1. The summed E-state index contributed by atoms with van der Waals surface area (Å²) in [5.41, 5.74) is 1.49. The number of pyridine rings is 1. The molecule has 2 amide bonds. The van der Waals surface area contributed by atoms with Crippen molar-refractivity contribution in [1.82, 2.24) is 10.3 Å². The van der Waals surface area contributed by atoms with Gasteiger partial charge in [0, 0.05) is 17.6 Å². The van der Waals surface area contributed by atoms with Crippen molar-refractivity contribution in [3.63, 3.8) is 0 Å². The van der Waals surface area contributed by atoms with Crippen LogP contribution in [0.4, 0.5) is 5.69 Å². The van der Waals surface area contributed by atoms with Crippen LogP contribution in [0.15, 0.2) is 36.5 Å². The standard InChI is InChI=1S/C19H21N3O2/c23-18(21-13-7-1-2-8-13)14-11-15(14)19(24)22-16-9-3-5-12-6-4-10-20-17(12)16/h3-6,9-10,13-15H,1-2,7-8,11H2,(H,21,23)(H,22,24). The number of hydrogen-bond donors (Lipinski definition) is 2. The Morgan fingerprint density at radius 2 is 1.75 bits per heavy atom. The van der Waals surface area contributed by atoms with Crippen molar-refractivity contribution in [3.05, 3.63) is 36.5 Å². The van der Waals surface area contributed by atoms with E-state index in [9.17, 15) is 9.59 Å². The minimum atomic E-state index is -0.217. The number of amides is 2. The van der Waals surface area contributed by atoms with Gasteiger partial charge in [0.15, 0.2) is 0 Å². The van der Waals surface area contributed by atoms with Crippen LogP contribution in [0.5, 0.6) is 0 Å². The Balaban J connectivity index is 1.39. The van der Waals surface area contributed by atoms with E-state index in [0.29, 0.717) is 18.2 Å². The Morgan fingerprint density at radius 1 is 1.00 bits per heavy atom. The highest BCUT2D eigenvalue weighted by atomic mass is 16.2. The maximum atomic E-state index is 12.5. The largest absolute Gasteiger partial charge is 0.353 e. The highest BCUT2D eigenvalue weighted by molar-refractivity contribution is 6.04. The molecule has 2 saturated carbocycles. The molecule has 2 aliphatic carbocycles. The van der Waals surface area contributed by atoms with Crippen LogP contribution in [0, 0.1) is 11.8 Å². The van der Waals surface area contributed by atoms with Crippen molar-refractivity contribution in [1.29, 1.82) is 0 Å². The Labute approximate surface area is 140 Å². The van der Waals surface area contributed by atoms with E-state index in [1.165, 1.54) is 12.8 Å². The van der Waals surface area contributed by atoms with Crippen molar-refractivity contribution < 1.29 is 9.59 Å². The smallest absolute Gasteiger partial charge is 0.228 e. The molecule has 2 atom stereocenters. The van der Waals surface area contributed by atoms with Crippen LogP contribution in [-0.2, 0) is 9.59 Å². The molecule has 0 saturated heterocycles. The molecular weight excluding hydrogens is 302 g/mol. The average Bonchev–Trinajstić information content (AvgIpc) is 3.26. The van der Waals surface area contributed by atoms with Crippen LogP contribution >= 0.6 is 0 Å². The fourth-order valence-electron chi connectivity index (χ4n) is 3.58. The lowest BCUT2D eigenvalue weighted by molar-refractivity contribution is -0.125. The van der Waals surface area contributed by atoms with E-state index < -0.39 is 0 Å². The summed E-state index contributed by atoms with van der Waals surface area (Å²) in [6.07, 6.45) is 6.87. The van der Waals surface area contributed by atoms with E-state index in [-0.39, 0.29) is 23.7 Å². The summed E-state index contributed by atoms with van der Waals surface area (Å²) in [4.78, 5) is 29.0. The predicted molar refractivity (Wildman–Crippen MR) is 92.4 cm³/mol. The topological polar surface area (TPSA) is 71.1 Å². The average molecular weight is 323 g/mol. The van der Waals surface area contributed by atoms with E-state index in [4.69, 9.17) is 0 Å². The Bertz CT molecular complexity index is 778. The number of anilines is 1. The summed E-state index contributed by atoms with van der Waals surface area (Å²) in [6, 6.07) is 9.86. The van der Waals surface area contributed by atoms with Gasteiger partial charge in [-0.3, -0.25) is 14.6 Å². The van der Waals surface area contributed by atoms with Gasteiger partial charge in [-0.2, -0.15) is 0 Å². The van der Waals surface area contributed by atoms with E-state index in [1.807, 2.05) is 30.3 Å². The predicted octanol–water partition coefficient (Wildman–Crippen LogP) is 2.87. The van der Waals surface area contributed by atoms with Crippen molar-refractivity contribution in [2.24, 2.45) is 11.8 Å². The second-order valence-corrected chi connectivity index (χ2v) is 6.81. The van der Waals surface area contributed by atoms with Gasteiger partial charge in [-0.25, -0.2) is 0 Å². The molecule has 1 heterocycles. The van der Waals surface area contributed by atoms with Gasteiger partial charge in [0.2, 0.25) is 11.8 Å². The number of benzene rings is 1. The quantitative estimate of drug-likeness (QED) is 0.909. The van der Waals surface area contributed by atoms with Crippen molar-refractivity contribution >= 4 is 28.4 Å². The van der Waals surface area contributed by atoms with Gasteiger partial charge in [0.25, 0.3) is 0 Å². The van der Waals surface area contributed by atoms with E-state index in [0.717, 1.165) is 23.7 Å². The second-order valence-electron chi connectivity index (χ2n) is 6.81. The molecule has 2 unspecified atom stereocenters. The molecule has 2 aliphatic rings. The molecule has 124 valence electrons. The summed E-state index contributed by atoms with van der Waals surface area (Å²) in [5, 5.41) is 7.02. The number of hydrogen-bond acceptors (Lipinski definition) is 3. The van der Waals surface area contributed by atoms with Gasteiger partial charge >= 0.3 is 0 Å². The summed E-state index contributed by atoms with van der Waals surface area (Å²) in [5.74, 6) is -0.434. The molecule has 0 bridgehead atoms. The molecule has 2 fully saturated rings. The zero-order valence-electron chi connectivity index (χ0n) is 13.5. The van der Waals surface area contributed by atoms with Gasteiger partial charge in [-0.1, -0.05) is 31.0 Å². The molecule has 2 N–H and O–H groups in total. The number of fused-ring (bicyclic) bond motifs is 1. The highest BCUT2D eigenvalue weighted by Gasteiger charge is 2.48. The molecule has 0 aliphatic heterocycles. The molecule has 1 aromatic heterocycles. The van der Waals surface area contributed by atoms with Crippen molar-refractivity contribution in [2.45, 2.75) is 38.1 Å². The lowest BCUT2D eigenvalue weighted by atomic mass is 10.2. The lowest BCUT2D eigenvalue weighted by Gasteiger charge is -2.12. The Hall–Kier alpha value is -2.43. The fraction of sp³-hybridized carbons (Fsp3) is 0.421. The first-order chi connectivity index (χ1) is 11.7. The van der Waals surface area contributed by atoms with E-state index in [1.54, 1.807) is 6.20 Å². The molecule has 24 heavy (non-hydrogen) atoms. The molecule has 5 heteroatoms. The zero-order valence-corrected chi connectivity index (χ0v) is 13.5. The number of rotatable bonds is 4. The summed E-state index contributed by atoms with van der Waals surface area (Å²) < 4.78 is 0. The minimum absolute atomic E-state index is 0.0399. The Kier molecular flexibility index (Phi) is 3.92. The van der Waals surface area contributed by atoms with Gasteiger partial charge < -0.3 is 10.6 Å². The number of nitrogens with one attached hydrogen (secondary N) is 2. The molecule has 5 nitrogen and oxygen atoms in total. The van der Waals surface area contributed by atoms with Gasteiger partial charge in [-0.05, 0) is 31.4 Å². The summed E-state index contributed by atoms with van der Waals surface area (Å²) in [6.45, 7) is 0. The van der Waals surface area contributed by atoms with Crippen molar-refractivity contribution in [3.8, 4) is 0 Å². The summed E-state index contributed by atoms with van der Waals surface area (Å²) >= 11 is 0. The van der Waals surface area contributed by atoms with Crippen LogP contribution in [-0.4, -0.2) is 22.8 Å². The van der Waals surface area contributed by atoms with Crippen LogP contribution in [0.1, 0.15) is 32.1 Å². The molecule has 1 aromatic carbocycles. The van der Waals surface area contributed by atoms with E-state index in [2.05, 4.69) is 15.6 Å². The van der Waals surface area contributed by atoms with Crippen LogP contribution in [0.25, 0.3) is 10.9 Å².